The van der Waals surface area contributed by atoms with Gasteiger partial charge in [-0.05, 0) is 37.3 Å². The van der Waals surface area contributed by atoms with E-state index in [1.807, 2.05) is 10.8 Å². The predicted octanol–water partition coefficient (Wildman–Crippen LogP) is 2.50. The molecule has 1 amide bonds. The van der Waals surface area contributed by atoms with Gasteiger partial charge in [0.2, 0.25) is 5.91 Å². The first-order chi connectivity index (χ1) is 12.2. The number of sulfonamides is 1. The summed E-state index contributed by atoms with van der Waals surface area (Å²) in [5.41, 5.74) is 0.346. The van der Waals surface area contributed by atoms with E-state index >= 15 is 0 Å². The lowest BCUT2D eigenvalue weighted by molar-refractivity contribution is -0.116. The fourth-order valence-electron chi connectivity index (χ4n) is 1.95. The standard InChI is InChI=1S/C17H13FN2O4S2/c1-11(21)13-5-6-16(15(18)8-13)25-10-17(22)20-26(23,24)14-4-2-3-12(7-14)9-19/h2-8H,10H2,1H3,(H,20,22). The second-order valence-electron chi connectivity index (χ2n) is 5.16. The molecular formula is C17H13FN2O4S2. The maximum atomic E-state index is 13.9. The van der Waals surface area contributed by atoms with Crippen molar-refractivity contribution in [3.05, 3.63) is 59.4 Å². The van der Waals surface area contributed by atoms with Crippen LogP contribution in [0.3, 0.4) is 0 Å². The maximum Gasteiger partial charge on any atom is 0.264 e. The van der Waals surface area contributed by atoms with Crippen molar-refractivity contribution in [2.24, 2.45) is 0 Å². The van der Waals surface area contributed by atoms with Gasteiger partial charge in [-0.25, -0.2) is 17.5 Å². The number of Topliss-reactive ketones (excluding diaryl/α,β-unsaturated/α-hetero) is 1. The topological polar surface area (TPSA) is 104 Å². The van der Waals surface area contributed by atoms with Crippen LogP contribution in [0.2, 0.25) is 0 Å². The number of carbonyl (C=O) groups excluding carboxylic acids is 2. The lowest BCUT2D eigenvalue weighted by Crippen LogP contribution is -2.32. The lowest BCUT2D eigenvalue weighted by Gasteiger charge is -2.08. The van der Waals surface area contributed by atoms with Gasteiger partial charge < -0.3 is 0 Å². The van der Waals surface area contributed by atoms with E-state index in [-0.39, 0.29) is 32.5 Å². The van der Waals surface area contributed by atoms with Crippen molar-refractivity contribution in [3.63, 3.8) is 0 Å². The number of nitrogens with zero attached hydrogens (tertiary/aromatic N) is 1. The van der Waals surface area contributed by atoms with E-state index in [4.69, 9.17) is 5.26 Å². The molecule has 2 aromatic carbocycles. The molecule has 9 heteroatoms. The van der Waals surface area contributed by atoms with Crippen molar-refractivity contribution < 1.29 is 22.4 Å². The zero-order chi connectivity index (χ0) is 19.3. The summed E-state index contributed by atoms with van der Waals surface area (Å²) in [5, 5.41) is 8.81. The van der Waals surface area contributed by atoms with Crippen molar-refractivity contribution in [1.82, 2.24) is 4.72 Å². The van der Waals surface area contributed by atoms with Crippen LogP contribution in [-0.2, 0) is 14.8 Å². The van der Waals surface area contributed by atoms with Gasteiger partial charge in [0.05, 0.1) is 22.3 Å². The van der Waals surface area contributed by atoms with Crippen LogP contribution in [0, 0.1) is 17.1 Å². The number of benzene rings is 2. The maximum absolute atomic E-state index is 13.9. The Kier molecular flexibility index (Phi) is 6.13. The normalized spacial score (nSPS) is 10.8. The summed E-state index contributed by atoms with van der Waals surface area (Å²) in [6.45, 7) is 1.31. The Labute approximate surface area is 154 Å². The molecule has 0 aromatic heterocycles. The number of hydrogen-bond acceptors (Lipinski definition) is 6. The second-order valence-corrected chi connectivity index (χ2v) is 7.86. The Bertz CT molecular complexity index is 1010. The van der Waals surface area contributed by atoms with Gasteiger partial charge in [-0.3, -0.25) is 9.59 Å². The Morgan fingerprint density at radius 1 is 1.23 bits per heavy atom. The number of thioether (sulfide) groups is 1. The Balaban J connectivity index is 2.04. The molecule has 0 bridgehead atoms. The Morgan fingerprint density at radius 2 is 1.96 bits per heavy atom. The zero-order valence-electron chi connectivity index (χ0n) is 13.5. The van der Waals surface area contributed by atoms with E-state index in [9.17, 15) is 22.4 Å². The average molecular weight is 392 g/mol. The fourth-order valence-corrected chi connectivity index (χ4v) is 3.79. The predicted molar refractivity (Wildman–Crippen MR) is 93.6 cm³/mol. The van der Waals surface area contributed by atoms with E-state index < -0.39 is 21.7 Å². The van der Waals surface area contributed by atoms with Crippen molar-refractivity contribution >= 4 is 33.5 Å². The first-order valence-electron chi connectivity index (χ1n) is 7.22. The molecule has 0 radical (unpaired) electrons. The number of hydrogen-bond donors (Lipinski definition) is 1. The van der Waals surface area contributed by atoms with Crippen molar-refractivity contribution in [1.29, 1.82) is 5.26 Å². The molecule has 0 spiro atoms. The summed E-state index contributed by atoms with van der Waals surface area (Å²) in [6, 6.07) is 10.9. The SMILES string of the molecule is CC(=O)c1ccc(SCC(=O)NS(=O)(=O)c2cccc(C#N)c2)c(F)c1. The third kappa shape index (κ3) is 4.91. The van der Waals surface area contributed by atoms with Gasteiger partial charge in [-0.2, -0.15) is 5.26 Å². The van der Waals surface area contributed by atoms with Gasteiger partial charge in [0.15, 0.2) is 5.78 Å². The molecule has 0 unspecified atom stereocenters. The number of nitriles is 1. The zero-order valence-corrected chi connectivity index (χ0v) is 15.2. The van der Waals surface area contributed by atoms with Crippen LogP contribution in [0.4, 0.5) is 4.39 Å². The molecule has 0 aliphatic heterocycles. The molecule has 1 N–H and O–H groups in total. The number of ketones is 1. The van der Waals surface area contributed by atoms with Crippen LogP contribution in [0.15, 0.2) is 52.3 Å². The molecule has 2 rings (SSSR count). The van der Waals surface area contributed by atoms with E-state index in [0.717, 1.165) is 23.9 Å². The summed E-state index contributed by atoms with van der Waals surface area (Å²) in [6.07, 6.45) is 0. The molecule has 134 valence electrons. The molecular weight excluding hydrogens is 379 g/mol. The van der Waals surface area contributed by atoms with Crippen LogP contribution < -0.4 is 4.72 Å². The van der Waals surface area contributed by atoms with E-state index in [1.54, 1.807) is 0 Å². The third-order valence-electron chi connectivity index (χ3n) is 3.22. The van der Waals surface area contributed by atoms with Crippen LogP contribution >= 0.6 is 11.8 Å². The molecule has 0 saturated carbocycles. The first kappa shape index (κ1) is 19.6. The Morgan fingerprint density at radius 3 is 2.58 bits per heavy atom. The second kappa shape index (κ2) is 8.12. The van der Waals surface area contributed by atoms with Gasteiger partial charge in [-0.15, -0.1) is 11.8 Å². The number of rotatable bonds is 6. The summed E-state index contributed by atoms with van der Waals surface area (Å²) < 4.78 is 40.1. The molecule has 0 fully saturated rings. The van der Waals surface area contributed by atoms with Crippen LogP contribution in [0.5, 0.6) is 0 Å². The molecule has 0 heterocycles. The number of nitrogens with one attached hydrogen (secondary N) is 1. The highest BCUT2D eigenvalue weighted by Gasteiger charge is 2.18. The number of carbonyl (C=O) groups is 2. The minimum atomic E-state index is -4.13. The monoisotopic (exact) mass is 392 g/mol. The van der Waals surface area contributed by atoms with Gasteiger partial charge >= 0.3 is 0 Å². The van der Waals surface area contributed by atoms with Crippen LogP contribution in [0.1, 0.15) is 22.8 Å². The van der Waals surface area contributed by atoms with Gasteiger partial charge in [-0.1, -0.05) is 12.1 Å². The van der Waals surface area contributed by atoms with E-state index in [2.05, 4.69) is 0 Å². The lowest BCUT2D eigenvalue weighted by atomic mass is 10.1. The molecule has 2 aromatic rings. The van der Waals surface area contributed by atoms with Crippen molar-refractivity contribution in [3.8, 4) is 6.07 Å². The summed E-state index contributed by atoms with van der Waals surface area (Å²) in [5.74, 6) is -2.13. The molecule has 0 atom stereocenters. The quantitative estimate of drug-likeness (QED) is 0.598. The summed E-state index contributed by atoms with van der Waals surface area (Å²) in [7, 11) is -4.13. The largest absolute Gasteiger partial charge is 0.295 e. The van der Waals surface area contributed by atoms with Gasteiger partial charge in [0.1, 0.15) is 5.82 Å². The molecule has 0 saturated heterocycles. The first-order valence-corrected chi connectivity index (χ1v) is 9.69. The average Bonchev–Trinajstić information content (AvgIpc) is 2.60. The smallest absolute Gasteiger partial charge is 0.264 e. The number of halogens is 1. The van der Waals surface area contributed by atoms with Gasteiger partial charge in [0.25, 0.3) is 10.0 Å². The van der Waals surface area contributed by atoms with Crippen LogP contribution in [0.25, 0.3) is 0 Å². The molecule has 6 nitrogen and oxygen atoms in total. The van der Waals surface area contributed by atoms with Crippen molar-refractivity contribution in [2.75, 3.05) is 5.75 Å². The van der Waals surface area contributed by atoms with Crippen LogP contribution in [-0.4, -0.2) is 25.9 Å². The summed E-state index contributed by atoms with van der Waals surface area (Å²) in [4.78, 5) is 23.0. The van der Waals surface area contributed by atoms with Crippen molar-refractivity contribution in [2.45, 2.75) is 16.7 Å². The van der Waals surface area contributed by atoms with Gasteiger partial charge in [0, 0.05) is 10.5 Å². The minimum absolute atomic E-state index is 0.119. The molecule has 26 heavy (non-hydrogen) atoms. The Hall–Kier alpha value is -2.70. The van der Waals surface area contributed by atoms with E-state index in [0.29, 0.717) is 0 Å². The fraction of sp³-hybridized carbons (Fsp3) is 0.118. The third-order valence-corrected chi connectivity index (χ3v) is 5.64. The summed E-state index contributed by atoms with van der Waals surface area (Å²) >= 11 is 0.804. The highest BCUT2D eigenvalue weighted by Crippen LogP contribution is 2.23. The molecule has 0 aliphatic carbocycles. The highest BCUT2D eigenvalue weighted by molar-refractivity contribution is 8.00. The highest BCUT2D eigenvalue weighted by atomic mass is 32.2. The number of amides is 1. The van der Waals surface area contributed by atoms with E-state index in [1.165, 1.54) is 37.3 Å². The minimum Gasteiger partial charge on any atom is -0.295 e. The molecule has 0 aliphatic rings.